The maximum absolute atomic E-state index is 13.3. The number of rotatable bonds is 5. The van der Waals surface area contributed by atoms with Crippen LogP contribution >= 0.6 is 0 Å². The van der Waals surface area contributed by atoms with Crippen LogP contribution in [0.5, 0.6) is 0 Å². The monoisotopic (exact) mass is 398 g/mol. The predicted molar refractivity (Wildman–Crippen MR) is 115 cm³/mol. The minimum Gasteiger partial charge on any atom is -0.327 e. The fourth-order valence-electron chi connectivity index (χ4n) is 4.47. The van der Waals surface area contributed by atoms with Gasteiger partial charge >= 0.3 is 0 Å². The van der Waals surface area contributed by atoms with Gasteiger partial charge in [-0.15, -0.1) is 0 Å². The topological polar surface area (TPSA) is 57.7 Å². The molecule has 158 valence electrons. The molecule has 0 radical (unpaired) electrons. The summed E-state index contributed by atoms with van der Waals surface area (Å²) in [5.74, 6) is -0.104. The van der Waals surface area contributed by atoms with Crippen LogP contribution in [0.15, 0.2) is 24.3 Å². The Morgan fingerprint density at radius 1 is 1.10 bits per heavy atom. The Kier molecular flexibility index (Phi) is 6.16. The van der Waals surface area contributed by atoms with Crippen LogP contribution in [0.1, 0.15) is 84.6 Å². The molecular weight excluding hydrogens is 364 g/mol. The van der Waals surface area contributed by atoms with Gasteiger partial charge in [0.2, 0.25) is 11.8 Å². The van der Waals surface area contributed by atoms with Crippen molar-refractivity contribution < 1.29 is 14.4 Å². The van der Waals surface area contributed by atoms with Crippen LogP contribution in [-0.4, -0.2) is 34.7 Å². The Morgan fingerprint density at radius 3 is 2.21 bits per heavy atom. The Balaban J connectivity index is 1.86. The van der Waals surface area contributed by atoms with Gasteiger partial charge in [-0.05, 0) is 41.9 Å². The Labute approximate surface area is 174 Å². The lowest BCUT2D eigenvalue weighted by Crippen LogP contribution is -2.50. The highest BCUT2D eigenvalue weighted by atomic mass is 16.2. The molecule has 1 aromatic rings. The summed E-state index contributed by atoms with van der Waals surface area (Å²) in [5, 5.41) is 0. The second kappa shape index (κ2) is 8.29. The van der Waals surface area contributed by atoms with Crippen LogP contribution in [0.3, 0.4) is 0 Å². The molecule has 1 aromatic carbocycles. The molecule has 0 aromatic heterocycles. The van der Waals surface area contributed by atoms with E-state index < -0.39 is 6.04 Å². The molecule has 1 atom stereocenters. The SMILES string of the molecule is CC(C)c1ccc(N2C(=O)CC(N(C(=O)CC(C)(C)C)C3CCCC3)C2=O)cc1. The molecule has 3 amide bonds. The van der Waals surface area contributed by atoms with E-state index in [-0.39, 0.29) is 35.6 Å². The van der Waals surface area contributed by atoms with E-state index in [4.69, 9.17) is 0 Å². The van der Waals surface area contributed by atoms with Crippen LogP contribution in [-0.2, 0) is 14.4 Å². The standard InChI is InChI=1S/C24H34N2O3/c1-16(2)17-10-12-19(13-11-17)26-21(27)14-20(23(26)29)25(18-8-6-7-9-18)22(28)15-24(3,4)5/h10-13,16,18,20H,6-9,14-15H2,1-5H3. The third kappa shape index (κ3) is 4.71. The van der Waals surface area contributed by atoms with Crippen molar-refractivity contribution in [1.29, 1.82) is 0 Å². The van der Waals surface area contributed by atoms with E-state index in [1.807, 2.05) is 45.0 Å². The number of nitrogens with zero attached hydrogens (tertiary/aromatic N) is 2. The number of carbonyl (C=O) groups is 3. The molecule has 1 heterocycles. The summed E-state index contributed by atoms with van der Waals surface area (Å²) in [4.78, 5) is 42.4. The molecule has 0 spiro atoms. The predicted octanol–water partition coefficient (Wildman–Crippen LogP) is 4.65. The van der Waals surface area contributed by atoms with Gasteiger partial charge in [0.25, 0.3) is 5.91 Å². The lowest BCUT2D eigenvalue weighted by atomic mass is 9.90. The quantitative estimate of drug-likeness (QED) is 0.679. The van der Waals surface area contributed by atoms with E-state index in [9.17, 15) is 14.4 Å². The Bertz CT molecular complexity index is 770. The summed E-state index contributed by atoms with van der Waals surface area (Å²) >= 11 is 0. The van der Waals surface area contributed by atoms with E-state index in [2.05, 4.69) is 13.8 Å². The second-order valence-electron chi connectivity index (χ2n) is 10.0. The van der Waals surface area contributed by atoms with Crippen molar-refractivity contribution >= 4 is 23.4 Å². The lowest BCUT2D eigenvalue weighted by molar-refractivity contribution is -0.142. The molecule has 2 aliphatic rings. The van der Waals surface area contributed by atoms with Gasteiger partial charge in [-0.3, -0.25) is 14.4 Å². The highest BCUT2D eigenvalue weighted by Gasteiger charge is 2.47. The summed E-state index contributed by atoms with van der Waals surface area (Å²) in [5.41, 5.74) is 1.60. The maximum Gasteiger partial charge on any atom is 0.257 e. The van der Waals surface area contributed by atoms with Crippen molar-refractivity contribution in [2.45, 2.75) is 91.1 Å². The van der Waals surface area contributed by atoms with Gasteiger partial charge < -0.3 is 4.90 Å². The smallest absolute Gasteiger partial charge is 0.257 e. The zero-order valence-corrected chi connectivity index (χ0v) is 18.4. The first-order valence-corrected chi connectivity index (χ1v) is 10.9. The maximum atomic E-state index is 13.3. The number of imide groups is 1. The van der Waals surface area contributed by atoms with Gasteiger partial charge in [-0.2, -0.15) is 0 Å². The summed E-state index contributed by atoms with van der Waals surface area (Å²) in [6.45, 7) is 10.3. The van der Waals surface area contributed by atoms with Crippen LogP contribution in [0.2, 0.25) is 0 Å². The van der Waals surface area contributed by atoms with Crippen LogP contribution in [0.4, 0.5) is 5.69 Å². The lowest BCUT2D eigenvalue weighted by Gasteiger charge is -2.35. The van der Waals surface area contributed by atoms with E-state index in [1.165, 1.54) is 4.90 Å². The molecule has 1 aliphatic carbocycles. The largest absolute Gasteiger partial charge is 0.327 e. The van der Waals surface area contributed by atoms with E-state index in [0.29, 0.717) is 18.0 Å². The van der Waals surface area contributed by atoms with Crippen LogP contribution < -0.4 is 4.90 Å². The number of hydrogen-bond acceptors (Lipinski definition) is 3. The third-order valence-corrected chi connectivity index (χ3v) is 5.96. The molecule has 1 saturated heterocycles. The van der Waals surface area contributed by atoms with Gasteiger partial charge in [-0.25, -0.2) is 4.90 Å². The molecule has 1 aliphatic heterocycles. The number of benzene rings is 1. The second-order valence-corrected chi connectivity index (χ2v) is 10.0. The normalized spacial score (nSPS) is 20.8. The highest BCUT2D eigenvalue weighted by Crippen LogP contribution is 2.34. The summed E-state index contributed by atoms with van der Waals surface area (Å²) in [7, 11) is 0. The zero-order chi connectivity index (χ0) is 21.3. The van der Waals surface area contributed by atoms with E-state index in [1.54, 1.807) is 4.90 Å². The average Bonchev–Trinajstić information content (AvgIpc) is 3.23. The van der Waals surface area contributed by atoms with Crippen molar-refractivity contribution in [3.05, 3.63) is 29.8 Å². The molecule has 2 fully saturated rings. The molecule has 5 heteroatoms. The number of carbonyl (C=O) groups excluding carboxylic acids is 3. The summed E-state index contributed by atoms with van der Waals surface area (Å²) in [6, 6.07) is 7.00. The van der Waals surface area contributed by atoms with Gasteiger partial charge in [0.05, 0.1) is 12.1 Å². The van der Waals surface area contributed by atoms with Crippen molar-refractivity contribution in [2.75, 3.05) is 4.90 Å². The summed E-state index contributed by atoms with van der Waals surface area (Å²) in [6.07, 6.45) is 4.42. The molecule has 0 bridgehead atoms. The van der Waals surface area contributed by atoms with E-state index in [0.717, 1.165) is 31.2 Å². The fourth-order valence-corrected chi connectivity index (χ4v) is 4.47. The fraction of sp³-hybridized carbons (Fsp3) is 0.625. The van der Waals surface area contributed by atoms with Gasteiger partial charge in [-0.1, -0.05) is 59.6 Å². The molecule has 1 unspecified atom stereocenters. The number of anilines is 1. The van der Waals surface area contributed by atoms with Crippen LogP contribution in [0.25, 0.3) is 0 Å². The van der Waals surface area contributed by atoms with Crippen molar-refractivity contribution in [3.8, 4) is 0 Å². The first-order chi connectivity index (χ1) is 13.6. The Morgan fingerprint density at radius 2 is 1.69 bits per heavy atom. The number of amides is 3. The van der Waals surface area contributed by atoms with Crippen molar-refractivity contribution in [1.82, 2.24) is 4.90 Å². The minimum absolute atomic E-state index is 0.00689. The molecule has 3 rings (SSSR count). The number of hydrogen-bond donors (Lipinski definition) is 0. The van der Waals surface area contributed by atoms with Gasteiger partial charge in [0.1, 0.15) is 6.04 Å². The molecule has 0 N–H and O–H groups in total. The van der Waals surface area contributed by atoms with Crippen molar-refractivity contribution in [2.24, 2.45) is 5.41 Å². The van der Waals surface area contributed by atoms with E-state index >= 15 is 0 Å². The first-order valence-electron chi connectivity index (χ1n) is 10.9. The third-order valence-electron chi connectivity index (χ3n) is 5.96. The molecule has 1 saturated carbocycles. The van der Waals surface area contributed by atoms with Crippen molar-refractivity contribution in [3.63, 3.8) is 0 Å². The van der Waals surface area contributed by atoms with Crippen LogP contribution in [0, 0.1) is 5.41 Å². The highest BCUT2D eigenvalue weighted by molar-refractivity contribution is 6.23. The Hall–Kier alpha value is -2.17. The first kappa shape index (κ1) is 21.5. The molecule has 29 heavy (non-hydrogen) atoms. The average molecular weight is 399 g/mol. The van der Waals surface area contributed by atoms with Gasteiger partial charge in [0, 0.05) is 12.5 Å². The summed E-state index contributed by atoms with van der Waals surface area (Å²) < 4.78 is 0. The van der Waals surface area contributed by atoms with Gasteiger partial charge in [0.15, 0.2) is 0 Å². The minimum atomic E-state index is -0.676. The zero-order valence-electron chi connectivity index (χ0n) is 18.4. The molecule has 5 nitrogen and oxygen atoms in total. The molecular formula is C24H34N2O3.